The summed E-state index contributed by atoms with van der Waals surface area (Å²) in [7, 11) is 4.18. The summed E-state index contributed by atoms with van der Waals surface area (Å²) in [5, 5.41) is 22.1. The fourth-order valence-corrected chi connectivity index (χ4v) is 6.72. The highest BCUT2D eigenvalue weighted by molar-refractivity contribution is 9.10. The Balaban J connectivity index is 1.25. The third-order valence-electron chi connectivity index (χ3n) is 9.05. The van der Waals surface area contributed by atoms with Crippen LogP contribution in [0.2, 0.25) is 0 Å². The summed E-state index contributed by atoms with van der Waals surface area (Å²) in [4.78, 5) is 17.0. The summed E-state index contributed by atoms with van der Waals surface area (Å²) >= 11 is 3.60. The highest BCUT2D eigenvalue weighted by Crippen LogP contribution is 2.38. The number of hydrogen-bond donors (Lipinski definition) is 3. The van der Waals surface area contributed by atoms with Gasteiger partial charge in [0.05, 0.1) is 16.3 Å². The van der Waals surface area contributed by atoms with Crippen LogP contribution in [0.5, 0.6) is 0 Å². The molecule has 0 unspecified atom stereocenters. The Kier molecular flexibility index (Phi) is 9.15. The number of rotatable bonds is 8. The molecule has 4 heterocycles. The number of anilines is 5. The molecular formula is C34H44BrN9O. The van der Waals surface area contributed by atoms with E-state index in [9.17, 15) is 5.11 Å². The van der Waals surface area contributed by atoms with Crippen LogP contribution in [0, 0.1) is 6.92 Å². The summed E-state index contributed by atoms with van der Waals surface area (Å²) in [6.07, 6.45) is 8.10. The molecule has 0 aliphatic carbocycles. The number of piperazine rings is 1. The predicted molar refractivity (Wildman–Crippen MR) is 186 cm³/mol. The molecule has 11 heteroatoms. The molecule has 0 bridgehead atoms. The number of nitrogens with zero attached hydrogens (tertiary/aromatic N) is 7. The molecule has 10 nitrogen and oxygen atoms in total. The minimum atomic E-state index is -1.01. The fourth-order valence-electron chi connectivity index (χ4n) is 6.43. The first-order chi connectivity index (χ1) is 21.5. The van der Waals surface area contributed by atoms with Gasteiger partial charge in [0.25, 0.3) is 0 Å². The van der Waals surface area contributed by atoms with Crippen molar-refractivity contribution in [3.63, 3.8) is 0 Å². The van der Waals surface area contributed by atoms with Crippen LogP contribution >= 0.6 is 15.9 Å². The minimum Gasteiger partial charge on any atom is -0.386 e. The van der Waals surface area contributed by atoms with Crippen LogP contribution in [-0.4, -0.2) is 87.0 Å². The van der Waals surface area contributed by atoms with Crippen LogP contribution in [0.15, 0.2) is 59.5 Å². The number of aromatic nitrogens is 4. The lowest BCUT2D eigenvalue weighted by Crippen LogP contribution is -2.52. The maximum atomic E-state index is 10.7. The predicted octanol–water partition coefficient (Wildman–Crippen LogP) is 5.88. The lowest BCUT2D eigenvalue weighted by atomic mass is 9.96. The summed E-state index contributed by atoms with van der Waals surface area (Å²) < 4.78 is 2.58. The number of aliphatic hydroxyl groups is 1. The monoisotopic (exact) mass is 673 g/mol. The van der Waals surface area contributed by atoms with Crippen molar-refractivity contribution in [3.05, 3.63) is 70.6 Å². The smallest absolute Gasteiger partial charge is 0.229 e. The zero-order valence-electron chi connectivity index (χ0n) is 26.9. The molecule has 6 rings (SSSR count). The molecular weight excluding hydrogens is 630 g/mol. The van der Waals surface area contributed by atoms with Crippen LogP contribution in [0.3, 0.4) is 0 Å². The standard InChI is InChI=1S/C34H44BrN9O/c1-23-18-31(44-12-10-25(11-13-44)43-16-14-41(4)15-17-43)26(24-20-37-42(5)22-24)19-30(23)39-33-36-21-28(35)32(40-33)38-29-9-7-6-8-27(29)34(2,3)45/h6-9,18-22,25,45H,10-17H2,1-5H3,(H2,36,38,39,40). The van der Waals surface area contributed by atoms with Crippen LogP contribution in [0.1, 0.15) is 37.8 Å². The average Bonchev–Trinajstić information content (AvgIpc) is 3.46. The van der Waals surface area contributed by atoms with Gasteiger partial charge in [-0.3, -0.25) is 9.58 Å². The van der Waals surface area contributed by atoms with Crippen molar-refractivity contribution >= 4 is 44.8 Å². The van der Waals surface area contributed by atoms with Crippen molar-refractivity contribution in [1.82, 2.24) is 29.5 Å². The summed E-state index contributed by atoms with van der Waals surface area (Å²) in [5.74, 6) is 1.08. The topological polar surface area (TPSA) is 97.6 Å². The van der Waals surface area contributed by atoms with Gasteiger partial charge in [0, 0.05) is 98.5 Å². The molecule has 3 N–H and O–H groups in total. The third kappa shape index (κ3) is 7.17. The Morgan fingerprint density at radius 1 is 0.933 bits per heavy atom. The first-order valence-corrected chi connectivity index (χ1v) is 16.5. The third-order valence-corrected chi connectivity index (χ3v) is 9.63. The van der Waals surface area contributed by atoms with Gasteiger partial charge in [0.15, 0.2) is 0 Å². The summed E-state index contributed by atoms with van der Waals surface area (Å²) in [6, 6.07) is 12.9. The number of likely N-dealkylation sites (N-methyl/N-ethyl adjacent to an activating group) is 1. The number of halogens is 1. The molecule has 2 aliphatic heterocycles. The molecule has 0 spiro atoms. The van der Waals surface area contributed by atoms with Crippen LogP contribution in [-0.2, 0) is 12.6 Å². The van der Waals surface area contributed by atoms with Crippen molar-refractivity contribution in [3.8, 4) is 11.1 Å². The van der Waals surface area contributed by atoms with Crippen LogP contribution in [0.4, 0.5) is 28.8 Å². The molecule has 0 saturated carbocycles. The molecule has 2 aromatic carbocycles. The van der Waals surface area contributed by atoms with E-state index in [1.807, 2.05) is 42.2 Å². The van der Waals surface area contributed by atoms with Crippen LogP contribution < -0.4 is 15.5 Å². The van der Waals surface area contributed by atoms with Crippen LogP contribution in [0.25, 0.3) is 11.1 Å². The number of nitrogens with one attached hydrogen (secondary N) is 2. The fraction of sp³-hybridized carbons (Fsp3) is 0.441. The highest BCUT2D eigenvalue weighted by Gasteiger charge is 2.28. The van der Waals surface area contributed by atoms with Crippen molar-refractivity contribution in [1.29, 1.82) is 0 Å². The maximum Gasteiger partial charge on any atom is 0.229 e. The second-order valence-electron chi connectivity index (χ2n) is 12.9. The van der Waals surface area contributed by atoms with E-state index >= 15 is 0 Å². The average molecular weight is 675 g/mol. The van der Waals surface area contributed by atoms with Gasteiger partial charge in [0.1, 0.15) is 5.82 Å². The first kappa shape index (κ1) is 31.5. The lowest BCUT2D eigenvalue weighted by molar-refractivity contribution is 0.0794. The number of hydrogen-bond acceptors (Lipinski definition) is 9. The van der Waals surface area contributed by atoms with E-state index in [4.69, 9.17) is 4.98 Å². The van der Waals surface area contributed by atoms with Crippen molar-refractivity contribution in [2.45, 2.75) is 45.3 Å². The Morgan fingerprint density at radius 3 is 2.36 bits per heavy atom. The summed E-state index contributed by atoms with van der Waals surface area (Å²) in [6.45, 7) is 12.4. The normalized spacial score (nSPS) is 17.1. The van der Waals surface area contributed by atoms with Gasteiger partial charge in [-0.2, -0.15) is 10.1 Å². The second kappa shape index (κ2) is 13.1. The Bertz CT molecular complexity index is 1630. The van der Waals surface area contributed by atoms with E-state index in [1.165, 1.54) is 31.6 Å². The van der Waals surface area contributed by atoms with E-state index in [1.54, 1.807) is 20.0 Å². The second-order valence-corrected chi connectivity index (χ2v) is 13.7. The van der Waals surface area contributed by atoms with Gasteiger partial charge < -0.3 is 25.5 Å². The lowest BCUT2D eigenvalue weighted by Gasteiger charge is -2.43. The Hall–Kier alpha value is -3.51. The van der Waals surface area contributed by atoms with E-state index in [0.717, 1.165) is 64.3 Å². The molecule has 0 radical (unpaired) electrons. The molecule has 238 valence electrons. The van der Waals surface area contributed by atoms with Crippen molar-refractivity contribution < 1.29 is 5.11 Å². The van der Waals surface area contributed by atoms with Gasteiger partial charge in [-0.15, -0.1) is 0 Å². The Morgan fingerprint density at radius 2 is 1.67 bits per heavy atom. The zero-order valence-corrected chi connectivity index (χ0v) is 28.5. The number of aryl methyl sites for hydroxylation is 2. The molecule has 0 amide bonds. The largest absolute Gasteiger partial charge is 0.386 e. The quantitative estimate of drug-likeness (QED) is 0.212. The van der Waals surface area contributed by atoms with E-state index in [0.29, 0.717) is 17.8 Å². The molecule has 45 heavy (non-hydrogen) atoms. The van der Waals surface area contributed by atoms with Gasteiger partial charge in [-0.05, 0) is 80.4 Å². The molecule has 2 aromatic heterocycles. The first-order valence-electron chi connectivity index (χ1n) is 15.7. The Labute approximate surface area is 274 Å². The van der Waals surface area contributed by atoms with Gasteiger partial charge in [-0.25, -0.2) is 4.98 Å². The number of benzene rings is 2. The van der Waals surface area contributed by atoms with E-state index in [-0.39, 0.29) is 0 Å². The molecule has 0 atom stereocenters. The molecule has 4 aromatic rings. The molecule has 2 saturated heterocycles. The molecule has 2 fully saturated rings. The van der Waals surface area contributed by atoms with E-state index < -0.39 is 5.60 Å². The van der Waals surface area contributed by atoms with Gasteiger partial charge >= 0.3 is 0 Å². The zero-order chi connectivity index (χ0) is 31.7. The highest BCUT2D eigenvalue weighted by atomic mass is 79.9. The van der Waals surface area contributed by atoms with E-state index in [2.05, 4.69) is 83.6 Å². The maximum absolute atomic E-state index is 10.7. The van der Waals surface area contributed by atoms with Gasteiger partial charge in [0.2, 0.25) is 5.95 Å². The minimum absolute atomic E-state index is 0.474. The number of piperidine rings is 1. The summed E-state index contributed by atoms with van der Waals surface area (Å²) in [5.41, 5.74) is 6.08. The van der Waals surface area contributed by atoms with Gasteiger partial charge in [-0.1, -0.05) is 18.2 Å². The molecule has 2 aliphatic rings. The van der Waals surface area contributed by atoms with Crippen molar-refractivity contribution in [2.24, 2.45) is 7.05 Å². The number of para-hydroxylation sites is 1. The van der Waals surface area contributed by atoms with Crippen molar-refractivity contribution in [2.75, 3.05) is 61.8 Å². The SMILES string of the molecule is Cc1cc(N2CCC(N3CCN(C)CC3)CC2)c(-c2cnn(C)c2)cc1Nc1ncc(Br)c(Nc2ccccc2C(C)(C)O)n1.